The number of carbonyl (C=O) groups excluding carboxylic acids is 2. The summed E-state index contributed by atoms with van der Waals surface area (Å²) in [4.78, 5) is 26.1. The summed E-state index contributed by atoms with van der Waals surface area (Å²) in [5, 5.41) is 5.75. The fraction of sp³-hybridized carbons (Fsp3) is 0.529. The quantitative estimate of drug-likeness (QED) is 0.799. The molecule has 4 N–H and O–H groups in total. The van der Waals surface area contributed by atoms with Gasteiger partial charge in [-0.3, -0.25) is 9.69 Å². The van der Waals surface area contributed by atoms with E-state index in [4.69, 9.17) is 5.73 Å². The zero-order valence-corrected chi connectivity index (χ0v) is 13.3. The number of hydrogen-bond acceptors (Lipinski definition) is 3. The van der Waals surface area contributed by atoms with Gasteiger partial charge in [-0.1, -0.05) is 25.3 Å². The molecule has 0 unspecified atom stereocenters. The molecule has 3 rings (SSSR count). The number of nitrogens with zero attached hydrogens (tertiary/aromatic N) is 1. The molecule has 1 aliphatic carbocycles. The molecule has 1 saturated carbocycles. The van der Waals surface area contributed by atoms with Gasteiger partial charge in [-0.15, -0.1) is 0 Å². The van der Waals surface area contributed by atoms with Crippen LogP contribution < -0.4 is 21.3 Å². The van der Waals surface area contributed by atoms with Crippen LogP contribution in [0, 0.1) is 0 Å². The summed E-state index contributed by atoms with van der Waals surface area (Å²) in [6.45, 7) is 1.39. The van der Waals surface area contributed by atoms with Gasteiger partial charge in [0.05, 0.1) is 5.54 Å². The molecule has 0 spiro atoms. The van der Waals surface area contributed by atoms with Gasteiger partial charge in [-0.25, -0.2) is 4.79 Å². The molecule has 124 valence electrons. The number of carbonyl (C=O) groups is 2. The van der Waals surface area contributed by atoms with Gasteiger partial charge in [0, 0.05) is 24.5 Å². The average molecular weight is 316 g/mol. The van der Waals surface area contributed by atoms with Crippen LogP contribution in [0.1, 0.15) is 38.5 Å². The Morgan fingerprint density at radius 1 is 1.22 bits per heavy atom. The molecule has 0 bridgehead atoms. The van der Waals surface area contributed by atoms with Crippen LogP contribution in [-0.2, 0) is 4.79 Å². The summed E-state index contributed by atoms with van der Waals surface area (Å²) in [6, 6.07) is 7.28. The van der Waals surface area contributed by atoms with Crippen LogP contribution in [0.25, 0.3) is 0 Å². The van der Waals surface area contributed by atoms with Crippen molar-refractivity contribution in [3.63, 3.8) is 0 Å². The Morgan fingerprint density at radius 2 is 2.00 bits per heavy atom. The van der Waals surface area contributed by atoms with Gasteiger partial charge in [0.1, 0.15) is 0 Å². The summed E-state index contributed by atoms with van der Waals surface area (Å²) in [6.07, 6.45) is 5.51. The second kappa shape index (κ2) is 6.58. The molecule has 23 heavy (non-hydrogen) atoms. The smallest absolute Gasteiger partial charge is 0.321 e. The van der Waals surface area contributed by atoms with Crippen LogP contribution in [-0.4, -0.2) is 30.6 Å². The highest BCUT2D eigenvalue weighted by Crippen LogP contribution is 2.28. The molecule has 2 fully saturated rings. The standard InChI is InChI=1S/C17H24N4O2/c18-17(8-2-1-3-9-17)15(22)20-13-6-4-7-14(12-13)21-11-5-10-19-16(21)23/h4,6-7,12H,1-3,5,8-11,18H2,(H,19,23)(H,20,22). The van der Waals surface area contributed by atoms with E-state index in [-0.39, 0.29) is 11.9 Å². The Bertz CT molecular complexity index is 596. The van der Waals surface area contributed by atoms with Crippen molar-refractivity contribution in [2.75, 3.05) is 23.3 Å². The lowest BCUT2D eigenvalue weighted by molar-refractivity contribution is -0.122. The van der Waals surface area contributed by atoms with Crippen molar-refractivity contribution in [3.05, 3.63) is 24.3 Å². The van der Waals surface area contributed by atoms with Gasteiger partial charge in [0.25, 0.3) is 0 Å². The Labute approximate surface area is 136 Å². The maximum atomic E-state index is 12.5. The molecular formula is C17H24N4O2. The molecular weight excluding hydrogens is 292 g/mol. The number of hydrogen-bond donors (Lipinski definition) is 3. The van der Waals surface area contributed by atoms with Crippen molar-refractivity contribution in [2.24, 2.45) is 5.73 Å². The van der Waals surface area contributed by atoms with Crippen molar-refractivity contribution >= 4 is 23.3 Å². The van der Waals surface area contributed by atoms with Gasteiger partial charge in [-0.2, -0.15) is 0 Å². The molecule has 1 saturated heterocycles. The second-order valence-corrected chi connectivity index (χ2v) is 6.46. The molecule has 2 aliphatic rings. The zero-order chi connectivity index (χ0) is 16.3. The minimum Gasteiger partial charge on any atom is -0.338 e. The number of urea groups is 1. The Balaban J connectivity index is 1.72. The molecule has 1 aliphatic heterocycles. The summed E-state index contributed by atoms with van der Waals surface area (Å²) in [7, 11) is 0. The molecule has 1 aromatic rings. The number of benzene rings is 1. The highest BCUT2D eigenvalue weighted by Gasteiger charge is 2.35. The first-order valence-electron chi connectivity index (χ1n) is 8.34. The van der Waals surface area contributed by atoms with Gasteiger partial charge < -0.3 is 16.4 Å². The van der Waals surface area contributed by atoms with Crippen LogP contribution in [0.5, 0.6) is 0 Å². The van der Waals surface area contributed by atoms with E-state index in [2.05, 4.69) is 10.6 Å². The lowest BCUT2D eigenvalue weighted by Crippen LogP contribution is -2.52. The predicted octanol–water partition coefficient (Wildman–Crippen LogP) is 2.21. The summed E-state index contributed by atoms with van der Waals surface area (Å²) in [5.74, 6) is -0.127. The third-order valence-electron chi connectivity index (χ3n) is 4.69. The van der Waals surface area contributed by atoms with Gasteiger partial charge in [0.15, 0.2) is 0 Å². The van der Waals surface area contributed by atoms with Crippen LogP contribution >= 0.6 is 0 Å². The molecule has 6 nitrogen and oxygen atoms in total. The van der Waals surface area contributed by atoms with Gasteiger partial charge in [-0.05, 0) is 37.5 Å². The second-order valence-electron chi connectivity index (χ2n) is 6.46. The van der Waals surface area contributed by atoms with E-state index >= 15 is 0 Å². The van der Waals surface area contributed by atoms with Crippen LogP contribution in [0.15, 0.2) is 24.3 Å². The van der Waals surface area contributed by atoms with Crippen LogP contribution in [0.3, 0.4) is 0 Å². The maximum absolute atomic E-state index is 12.5. The van der Waals surface area contributed by atoms with E-state index in [1.54, 1.807) is 4.90 Å². The number of rotatable bonds is 3. The maximum Gasteiger partial charge on any atom is 0.321 e. The zero-order valence-electron chi connectivity index (χ0n) is 13.3. The monoisotopic (exact) mass is 316 g/mol. The van der Waals surface area contributed by atoms with Crippen molar-refractivity contribution in [1.82, 2.24) is 5.32 Å². The summed E-state index contributed by atoms with van der Waals surface area (Å²) in [5.41, 5.74) is 6.97. The fourth-order valence-electron chi connectivity index (χ4n) is 3.29. The minimum atomic E-state index is -0.767. The topological polar surface area (TPSA) is 87.5 Å². The Morgan fingerprint density at radius 3 is 2.74 bits per heavy atom. The Kier molecular flexibility index (Phi) is 4.52. The van der Waals surface area contributed by atoms with E-state index in [9.17, 15) is 9.59 Å². The number of nitrogens with two attached hydrogens (primary N) is 1. The summed E-state index contributed by atoms with van der Waals surface area (Å²) >= 11 is 0. The lowest BCUT2D eigenvalue weighted by atomic mass is 9.82. The minimum absolute atomic E-state index is 0.0951. The van der Waals surface area contributed by atoms with Crippen molar-refractivity contribution in [2.45, 2.75) is 44.1 Å². The first kappa shape index (κ1) is 15.8. The summed E-state index contributed by atoms with van der Waals surface area (Å²) < 4.78 is 0. The first-order chi connectivity index (χ1) is 11.1. The van der Waals surface area contributed by atoms with Crippen molar-refractivity contribution in [3.8, 4) is 0 Å². The number of anilines is 2. The van der Waals surface area contributed by atoms with E-state index < -0.39 is 5.54 Å². The molecule has 1 heterocycles. The largest absolute Gasteiger partial charge is 0.338 e. The first-order valence-corrected chi connectivity index (χ1v) is 8.34. The highest BCUT2D eigenvalue weighted by molar-refractivity contribution is 5.99. The lowest BCUT2D eigenvalue weighted by Gasteiger charge is -2.32. The number of amides is 3. The van der Waals surface area contributed by atoms with E-state index in [1.807, 2.05) is 24.3 Å². The molecule has 3 amide bonds. The third kappa shape index (κ3) is 3.47. The normalized spacial score (nSPS) is 20.7. The number of nitrogens with one attached hydrogen (secondary N) is 2. The third-order valence-corrected chi connectivity index (χ3v) is 4.69. The van der Waals surface area contributed by atoms with E-state index in [1.165, 1.54) is 0 Å². The van der Waals surface area contributed by atoms with E-state index in [0.29, 0.717) is 18.8 Å². The molecule has 0 aromatic heterocycles. The fourth-order valence-corrected chi connectivity index (χ4v) is 3.29. The average Bonchev–Trinajstić information content (AvgIpc) is 2.56. The van der Waals surface area contributed by atoms with Crippen molar-refractivity contribution < 1.29 is 9.59 Å². The molecule has 0 atom stereocenters. The molecule has 6 heteroatoms. The molecule has 1 aromatic carbocycles. The highest BCUT2D eigenvalue weighted by atomic mass is 16.2. The predicted molar refractivity (Wildman–Crippen MR) is 90.4 cm³/mol. The van der Waals surface area contributed by atoms with Crippen LogP contribution in [0.2, 0.25) is 0 Å². The van der Waals surface area contributed by atoms with Gasteiger partial charge >= 0.3 is 6.03 Å². The van der Waals surface area contributed by atoms with Crippen molar-refractivity contribution in [1.29, 1.82) is 0 Å². The SMILES string of the molecule is NC1(C(=O)Nc2cccc(N3CCCNC3=O)c2)CCCCC1. The van der Waals surface area contributed by atoms with Gasteiger partial charge in [0.2, 0.25) is 5.91 Å². The van der Waals surface area contributed by atoms with Crippen LogP contribution in [0.4, 0.5) is 16.2 Å². The molecule has 0 radical (unpaired) electrons. The Hall–Kier alpha value is -2.08. The van der Waals surface area contributed by atoms with E-state index in [0.717, 1.165) is 44.2 Å².